The highest BCUT2D eigenvalue weighted by atomic mass is 16.5. The number of nitrogens with one attached hydrogen (secondary N) is 1. The Bertz CT molecular complexity index is 429. The summed E-state index contributed by atoms with van der Waals surface area (Å²) in [7, 11) is 0. The summed E-state index contributed by atoms with van der Waals surface area (Å²) in [6.07, 6.45) is 1.99. The van der Waals surface area contributed by atoms with Gasteiger partial charge in [-0.15, -0.1) is 0 Å². The van der Waals surface area contributed by atoms with Crippen LogP contribution in [0.1, 0.15) is 43.9 Å². The number of hydrogen-bond donors (Lipinski definition) is 1. The topological polar surface area (TPSA) is 38.3 Å². The predicted molar refractivity (Wildman–Crippen MR) is 76.2 cm³/mol. The molecule has 1 unspecified atom stereocenters. The van der Waals surface area contributed by atoms with Crippen molar-refractivity contribution in [3.05, 3.63) is 35.4 Å². The van der Waals surface area contributed by atoms with Gasteiger partial charge in [0.25, 0.3) is 0 Å². The second kappa shape index (κ2) is 6.83. The average Bonchev–Trinajstić information content (AvgIpc) is 2.39. The lowest BCUT2D eigenvalue weighted by Crippen LogP contribution is -2.26. The predicted octanol–water partition coefficient (Wildman–Crippen LogP) is 2.65. The minimum atomic E-state index is -0.0449. The molecule has 1 aliphatic rings. The maximum Gasteiger partial charge on any atom is 0.137 e. The first kappa shape index (κ1) is 14.2. The summed E-state index contributed by atoms with van der Waals surface area (Å²) < 4.78 is 5.76. The Hall–Kier alpha value is -1.19. The summed E-state index contributed by atoms with van der Waals surface area (Å²) in [6.45, 7) is 5.65. The molecule has 0 radical (unpaired) electrons. The Morgan fingerprint density at radius 2 is 2.21 bits per heavy atom. The third-order valence-electron chi connectivity index (χ3n) is 3.46. The minimum absolute atomic E-state index is 0.0449. The van der Waals surface area contributed by atoms with Crippen molar-refractivity contribution in [3.63, 3.8) is 0 Å². The van der Waals surface area contributed by atoms with E-state index in [1.54, 1.807) is 0 Å². The van der Waals surface area contributed by atoms with Crippen molar-refractivity contribution in [2.75, 3.05) is 13.2 Å². The fourth-order valence-corrected chi connectivity index (χ4v) is 2.45. The van der Waals surface area contributed by atoms with Gasteiger partial charge in [-0.1, -0.05) is 38.1 Å². The normalized spacial score (nSPS) is 18.4. The van der Waals surface area contributed by atoms with E-state index in [-0.39, 0.29) is 11.9 Å². The highest BCUT2D eigenvalue weighted by Crippen LogP contribution is 2.29. The lowest BCUT2D eigenvalue weighted by molar-refractivity contribution is -0.122. The Kier molecular flexibility index (Phi) is 5.11. The molecular formula is C16H23NO2. The van der Waals surface area contributed by atoms with Crippen LogP contribution in [0.2, 0.25) is 0 Å². The monoisotopic (exact) mass is 261 g/mol. The fraction of sp³-hybridized carbons (Fsp3) is 0.562. The molecule has 0 amide bonds. The van der Waals surface area contributed by atoms with E-state index in [1.807, 2.05) is 6.07 Å². The summed E-state index contributed by atoms with van der Waals surface area (Å²) in [5, 5.41) is 3.27. The smallest absolute Gasteiger partial charge is 0.137 e. The van der Waals surface area contributed by atoms with Gasteiger partial charge in [-0.3, -0.25) is 4.79 Å². The van der Waals surface area contributed by atoms with Crippen molar-refractivity contribution >= 4 is 5.78 Å². The molecule has 2 rings (SSSR count). The zero-order valence-electron chi connectivity index (χ0n) is 11.8. The third kappa shape index (κ3) is 4.15. The van der Waals surface area contributed by atoms with E-state index in [9.17, 15) is 4.79 Å². The molecule has 0 spiro atoms. The van der Waals surface area contributed by atoms with E-state index in [1.165, 1.54) is 11.1 Å². The number of ether oxygens (including phenoxy) is 1. The van der Waals surface area contributed by atoms with Crippen LogP contribution in [0.25, 0.3) is 0 Å². The molecule has 1 aliphatic heterocycles. The second-order valence-corrected chi connectivity index (χ2v) is 5.41. The summed E-state index contributed by atoms with van der Waals surface area (Å²) in [5.74, 6) is 0.273. The molecule has 104 valence electrons. The number of benzene rings is 1. The van der Waals surface area contributed by atoms with E-state index < -0.39 is 0 Å². The maximum absolute atomic E-state index is 12.0. The Morgan fingerprint density at radius 3 is 3.00 bits per heavy atom. The van der Waals surface area contributed by atoms with Gasteiger partial charge >= 0.3 is 0 Å². The molecule has 1 heterocycles. The van der Waals surface area contributed by atoms with Gasteiger partial charge in [-0.05, 0) is 17.5 Å². The van der Waals surface area contributed by atoms with Crippen LogP contribution in [-0.2, 0) is 16.0 Å². The molecule has 1 aromatic carbocycles. The Balaban J connectivity index is 1.88. The molecule has 0 bridgehead atoms. The SMILES string of the molecule is CC(C)NCCC(=O)CC1OCCc2ccccc21. The maximum atomic E-state index is 12.0. The molecule has 1 atom stereocenters. The van der Waals surface area contributed by atoms with Crippen LogP contribution in [0, 0.1) is 0 Å². The largest absolute Gasteiger partial charge is 0.373 e. The molecule has 0 fully saturated rings. The van der Waals surface area contributed by atoms with Crippen molar-refractivity contribution in [1.82, 2.24) is 5.32 Å². The molecule has 0 saturated carbocycles. The van der Waals surface area contributed by atoms with Crippen LogP contribution < -0.4 is 5.32 Å². The van der Waals surface area contributed by atoms with Crippen LogP contribution >= 0.6 is 0 Å². The van der Waals surface area contributed by atoms with E-state index in [4.69, 9.17) is 4.74 Å². The number of carbonyl (C=O) groups excluding carboxylic acids is 1. The molecular weight excluding hydrogens is 238 g/mol. The lowest BCUT2D eigenvalue weighted by atomic mass is 9.94. The molecule has 1 aromatic rings. The number of Topliss-reactive ketones (excluding diaryl/α,β-unsaturated/α-hetero) is 1. The van der Waals surface area contributed by atoms with Crippen LogP contribution in [0.5, 0.6) is 0 Å². The van der Waals surface area contributed by atoms with E-state index in [0.29, 0.717) is 18.9 Å². The van der Waals surface area contributed by atoms with Gasteiger partial charge in [0.05, 0.1) is 12.7 Å². The first-order chi connectivity index (χ1) is 9.16. The standard InChI is InChI=1S/C16H23NO2/c1-12(2)17-9-7-14(18)11-16-15-6-4-3-5-13(15)8-10-19-16/h3-6,12,16-17H,7-11H2,1-2H3. The first-order valence-corrected chi connectivity index (χ1v) is 7.11. The molecule has 0 aromatic heterocycles. The number of carbonyl (C=O) groups is 1. The summed E-state index contributed by atoms with van der Waals surface area (Å²) >= 11 is 0. The minimum Gasteiger partial charge on any atom is -0.373 e. The van der Waals surface area contributed by atoms with Gasteiger partial charge in [-0.2, -0.15) is 0 Å². The molecule has 19 heavy (non-hydrogen) atoms. The van der Waals surface area contributed by atoms with Gasteiger partial charge in [0.1, 0.15) is 5.78 Å². The summed E-state index contributed by atoms with van der Waals surface area (Å²) in [6, 6.07) is 8.72. The molecule has 3 nitrogen and oxygen atoms in total. The Labute approximate surface area is 115 Å². The first-order valence-electron chi connectivity index (χ1n) is 7.11. The quantitative estimate of drug-likeness (QED) is 0.855. The van der Waals surface area contributed by atoms with Gasteiger partial charge in [0, 0.05) is 25.4 Å². The number of hydrogen-bond acceptors (Lipinski definition) is 3. The molecule has 1 N–H and O–H groups in total. The van der Waals surface area contributed by atoms with E-state index in [0.717, 1.165) is 19.6 Å². The molecule has 3 heteroatoms. The van der Waals surface area contributed by atoms with E-state index >= 15 is 0 Å². The number of ketones is 1. The van der Waals surface area contributed by atoms with Crippen molar-refractivity contribution in [1.29, 1.82) is 0 Å². The van der Waals surface area contributed by atoms with Crippen LogP contribution in [0.3, 0.4) is 0 Å². The van der Waals surface area contributed by atoms with Crippen LogP contribution in [0.15, 0.2) is 24.3 Å². The molecule has 0 saturated heterocycles. The van der Waals surface area contributed by atoms with Gasteiger partial charge < -0.3 is 10.1 Å². The third-order valence-corrected chi connectivity index (χ3v) is 3.46. The zero-order valence-corrected chi connectivity index (χ0v) is 11.8. The summed E-state index contributed by atoms with van der Waals surface area (Å²) in [5.41, 5.74) is 2.52. The highest BCUT2D eigenvalue weighted by molar-refractivity contribution is 5.79. The fourth-order valence-electron chi connectivity index (χ4n) is 2.45. The lowest BCUT2D eigenvalue weighted by Gasteiger charge is -2.25. The van der Waals surface area contributed by atoms with Crippen LogP contribution in [-0.4, -0.2) is 25.0 Å². The number of fused-ring (bicyclic) bond motifs is 1. The van der Waals surface area contributed by atoms with Gasteiger partial charge in [0.15, 0.2) is 0 Å². The zero-order chi connectivity index (χ0) is 13.7. The van der Waals surface area contributed by atoms with Crippen molar-refractivity contribution in [2.45, 2.75) is 45.3 Å². The van der Waals surface area contributed by atoms with Crippen LogP contribution in [0.4, 0.5) is 0 Å². The van der Waals surface area contributed by atoms with Gasteiger partial charge in [0.2, 0.25) is 0 Å². The van der Waals surface area contributed by atoms with Crippen molar-refractivity contribution in [3.8, 4) is 0 Å². The highest BCUT2D eigenvalue weighted by Gasteiger charge is 2.22. The Morgan fingerprint density at radius 1 is 1.42 bits per heavy atom. The second-order valence-electron chi connectivity index (χ2n) is 5.41. The van der Waals surface area contributed by atoms with Gasteiger partial charge in [-0.25, -0.2) is 0 Å². The number of rotatable bonds is 6. The van der Waals surface area contributed by atoms with Crippen molar-refractivity contribution < 1.29 is 9.53 Å². The van der Waals surface area contributed by atoms with E-state index in [2.05, 4.69) is 37.4 Å². The van der Waals surface area contributed by atoms with Crippen molar-refractivity contribution in [2.24, 2.45) is 0 Å². The average molecular weight is 261 g/mol. The molecule has 0 aliphatic carbocycles. The summed E-state index contributed by atoms with van der Waals surface area (Å²) in [4.78, 5) is 12.0.